The number of nitrogens with one attached hydrogen (secondary N) is 2. The zero-order chi connectivity index (χ0) is 19.2. The number of benzene rings is 1. The first kappa shape index (κ1) is 21.5. The molecule has 0 aliphatic heterocycles. The van der Waals surface area contributed by atoms with Crippen molar-refractivity contribution in [2.75, 3.05) is 11.9 Å². The minimum atomic E-state index is -0.508. The molecular formula is C19H30ClN3O2. The summed E-state index contributed by atoms with van der Waals surface area (Å²) < 4.78 is 0. The van der Waals surface area contributed by atoms with Crippen molar-refractivity contribution in [1.29, 1.82) is 0 Å². The lowest BCUT2D eigenvalue weighted by atomic mass is 9.90. The summed E-state index contributed by atoms with van der Waals surface area (Å²) in [5, 5.41) is 6.12. The van der Waals surface area contributed by atoms with Crippen LogP contribution in [0.3, 0.4) is 0 Å². The number of carbonyl (C=O) groups is 2. The molecule has 140 valence electrons. The van der Waals surface area contributed by atoms with E-state index in [0.717, 1.165) is 6.42 Å². The lowest BCUT2D eigenvalue weighted by Crippen LogP contribution is -2.52. The molecule has 1 aromatic carbocycles. The Bertz CT molecular complexity index is 617. The van der Waals surface area contributed by atoms with Gasteiger partial charge in [-0.3, -0.25) is 9.59 Å². The summed E-state index contributed by atoms with van der Waals surface area (Å²) in [6, 6.07) is 4.90. The minimum absolute atomic E-state index is 0.0877. The lowest BCUT2D eigenvalue weighted by molar-refractivity contribution is -0.116. The third-order valence-corrected chi connectivity index (χ3v) is 4.14. The molecule has 1 rings (SSSR count). The summed E-state index contributed by atoms with van der Waals surface area (Å²) in [4.78, 5) is 24.6. The fourth-order valence-corrected chi connectivity index (χ4v) is 2.99. The van der Waals surface area contributed by atoms with E-state index in [1.54, 1.807) is 18.2 Å². The maximum Gasteiger partial charge on any atom is 0.253 e. The molecule has 4 N–H and O–H groups in total. The highest BCUT2D eigenvalue weighted by molar-refractivity contribution is 6.34. The quantitative estimate of drug-likeness (QED) is 0.653. The number of halogens is 1. The SMILES string of the molecule is CC(C)CC(=O)Nc1ccc(Cl)c(C(=O)NC(C)(CN)CC(C)C)c1. The third-order valence-electron chi connectivity index (χ3n) is 3.81. The van der Waals surface area contributed by atoms with Gasteiger partial charge in [0.25, 0.3) is 5.91 Å². The highest BCUT2D eigenvalue weighted by Crippen LogP contribution is 2.23. The van der Waals surface area contributed by atoms with Crippen molar-refractivity contribution in [3.63, 3.8) is 0 Å². The Balaban J connectivity index is 2.94. The summed E-state index contributed by atoms with van der Waals surface area (Å²) >= 11 is 6.18. The number of hydrogen-bond donors (Lipinski definition) is 3. The molecule has 0 radical (unpaired) electrons. The molecule has 0 spiro atoms. The number of amides is 2. The topological polar surface area (TPSA) is 84.2 Å². The number of nitrogens with two attached hydrogens (primary N) is 1. The average Bonchev–Trinajstić information content (AvgIpc) is 2.47. The van der Waals surface area contributed by atoms with Crippen molar-refractivity contribution in [3.8, 4) is 0 Å². The summed E-state index contributed by atoms with van der Waals surface area (Å²) in [5.74, 6) is 0.274. The maximum atomic E-state index is 12.7. The van der Waals surface area contributed by atoms with E-state index in [1.165, 1.54) is 0 Å². The van der Waals surface area contributed by atoms with E-state index in [1.807, 2.05) is 20.8 Å². The summed E-state index contributed by atoms with van der Waals surface area (Å²) in [5.41, 5.74) is 6.23. The first-order valence-electron chi connectivity index (χ1n) is 8.68. The van der Waals surface area contributed by atoms with Crippen LogP contribution in [-0.2, 0) is 4.79 Å². The van der Waals surface area contributed by atoms with Crippen LogP contribution in [0.4, 0.5) is 5.69 Å². The van der Waals surface area contributed by atoms with E-state index >= 15 is 0 Å². The van der Waals surface area contributed by atoms with Crippen LogP contribution in [0.5, 0.6) is 0 Å². The predicted molar refractivity (Wildman–Crippen MR) is 104 cm³/mol. The van der Waals surface area contributed by atoms with Gasteiger partial charge in [-0.25, -0.2) is 0 Å². The molecule has 1 unspecified atom stereocenters. The number of carbonyl (C=O) groups excluding carboxylic acids is 2. The maximum absolute atomic E-state index is 12.7. The molecule has 0 fully saturated rings. The molecule has 0 aliphatic carbocycles. The highest BCUT2D eigenvalue weighted by Gasteiger charge is 2.27. The average molecular weight is 368 g/mol. The van der Waals surface area contributed by atoms with E-state index in [2.05, 4.69) is 24.5 Å². The van der Waals surface area contributed by atoms with Crippen molar-refractivity contribution in [3.05, 3.63) is 28.8 Å². The Labute approximate surface area is 155 Å². The van der Waals surface area contributed by atoms with Crippen LogP contribution < -0.4 is 16.4 Å². The van der Waals surface area contributed by atoms with Gasteiger partial charge in [-0.05, 0) is 43.4 Å². The Morgan fingerprint density at radius 2 is 1.84 bits per heavy atom. The molecule has 1 atom stereocenters. The van der Waals surface area contributed by atoms with Gasteiger partial charge in [0.05, 0.1) is 10.6 Å². The zero-order valence-corrected chi connectivity index (χ0v) is 16.5. The lowest BCUT2D eigenvalue weighted by Gasteiger charge is -2.31. The monoisotopic (exact) mass is 367 g/mol. The number of anilines is 1. The van der Waals surface area contributed by atoms with Crippen molar-refractivity contribution in [2.24, 2.45) is 17.6 Å². The Morgan fingerprint density at radius 1 is 1.20 bits per heavy atom. The number of rotatable bonds is 8. The first-order chi connectivity index (χ1) is 11.6. The van der Waals surface area contributed by atoms with E-state index in [9.17, 15) is 9.59 Å². The first-order valence-corrected chi connectivity index (χ1v) is 9.06. The molecule has 0 bridgehead atoms. The Hall–Kier alpha value is -1.59. The van der Waals surface area contributed by atoms with Crippen molar-refractivity contribution >= 4 is 29.1 Å². The number of hydrogen-bond acceptors (Lipinski definition) is 3. The van der Waals surface area contributed by atoms with Crippen LogP contribution in [0.25, 0.3) is 0 Å². The summed E-state index contributed by atoms with van der Waals surface area (Å²) in [6.45, 7) is 10.4. The fraction of sp³-hybridized carbons (Fsp3) is 0.579. The van der Waals surface area contributed by atoms with E-state index in [4.69, 9.17) is 17.3 Å². The fourth-order valence-electron chi connectivity index (χ4n) is 2.79. The standard InChI is InChI=1S/C19H30ClN3O2/c1-12(2)8-17(24)22-14-6-7-16(20)15(9-14)18(25)23-19(5,11-21)10-13(3)4/h6-7,9,12-13H,8,10-11,21H2,1-5H3,(H,22,24)(H,23,25). The van der Waals surface area contributed by atoms with Crippen molar-refractivity contribution < 1.29 is 9.59 Å². The van der Waals surface area contributed by atoms with Gasteiger partial charge in [0.15, 0.2) is 0 Å². The second-order valence-electron chi connectivity index (χ2n) is 7.66. The summed E-state index contributed by atoms with van der Waals surface area (Å²) in [6.07, 6.45) is 1.18. The molecule has 0 heterocycles. The molecular weight excluding hydrogens is 338 g/mol. The minimum Gasteiger partial charge on any atom is -0.346 e. The van der Waals surface area contributed by atoms with Crippen molar-refractivity contribution in [2.45, 2.75) is 53.0 Å². The van der Waals surface area contributed by atoms with Gasteiger partial charge >= 0.3 is 0 Å². The molecule has 0 saturated heterocycles. The van der Waals surface area contributed by atoms with E-state index < -0.39 is 5.54 Å². The molecule has 2 amide bonds. The van der Waals surface area contributed by atoms with Gasteiger partial charge in [-0.2, -0.15) is 0 Å². The van der Waals surface area contributed by atoms with Crippen LogP contribution in [-0.4, -0.2) is 23.9 Å². The van der Waals surface area contributed by atoms with Crippen molar-refractivity contribution in [1.82, 2.24) is 5.32 Å². The smallest absolute Gasteiger partial charge is 0.253 e. The normalized spacial score (nSPS) is 13.6. The van der Waals surface area contributed by atoms with Gasteiger partial charge in [0.2, 0.25) is 5.91 Å². The predicted octanol–water partition coefficient (Wildman–Crippen LogP) is 3.82. The van der Waals surface area contributed by atoms with Gasteiger partial charge in [0, 0.05) is 24.2 Å². The molecule has 0 aromatic heterocycles. The van der Waals surface area contributed by atoms with Crippen LogP contribution in [0.15, 0.2) is 18.2 Å². The molecule has 25 heavy (non-hydrogen) atoms. The third kappa shape index (κ3) is 7.04. The summed E-state index contributed by atoms with van der Waals surface area (Å²) in [7, 11) is 0. The molecule has 0 saturated carbocycles. The van der Waals surface area contributed by atoms with Crippen LogP contribution in [0, 0.1) is 11.8 Å². The van der Waals surface area contributed by atoms with Crippen LogP contribution in [0.1, 0.15) is 57.8 Å². The van der Waals surface area contributed by atoms with Crippen LogP contribution in [0.2, 0.25) is 5.02 Å². The largest absolute Gasteiger partial charge is 0.346 e. The Morgan fingerprint density at radius 3 is 2.36 bits per heavy atom. The van der Waals surface area contributed by atoms with E-state index in [-0.39, 0.29) is 17.7 Å². The van der Waals surface area contributed by atoms with Gasteiger partial charge < -0.3 is 16.4 Å². The molecule has 1 aromatic rings. The van der Waals surface area contributed by atoms with Gasteiger partial charge in [-0.15, -0.1) is 0 Å². The second kappa shape index (κ2) is 9.20. The van der Waals surface area contributed by atoms with Crippen LogP contribution >= 0.6 is 11.6 Å². The second-order valence-corrected chi connectivity index (χ2v) is 8.06. The Kier molecular flexibility index (Phi) is 7.90. The molecule has 0 aliphatic rings. The van der Waals surface area contributed by atoms with E-state index in [0.29, 0.717) is 35.2 Å². The highest BCUT2D eigenvalue weighted by atomic mass is 35.5. The molecule has 5 nitrogen and oxygen atoms in total. The molecule has 6 heteroatoms. The van der Waals surface area contributed by atoms with Gasteiger partial charge in [0.1, 0.15) is 0 Å². The zero-order valence-electron chi connectivity index (χ0n) is 15.8. The van der Waals surface area contributed by atoms with Gasteiger partial charge in [-0.1, -0.05) is 39.3 Å².